The Balaban J connectivity index is 0.708. The number of hydrogen-bond donors (Lipinski definition) is 3. The molecule has 5 atom stereocenters. The number of aliphatic imine (C=N–C) groups is 1. The number of nitrogens with one attached hydrogen (secondary N) is 2. The van der Waals surface area contributed by atoms with Crippen molar-refractivity contribution < 1.29 is 52.7 Å². The summed E-state index contributed by atoms with van der Waals surface area (Å²) >= 11 is 3.21. The van der Waals surface area contributed by atoms with Crippen molar-refractivity contribution in [3.8, 4) is 38.4 Å². The molecule has 1 saturated heterocycles. The molecule has 82 heavy (non-hydrogen) atoms. The van der Waals surface area contributed by atoms with Gasteiger partial charge in [-0.1, -0.05) is 75.4 Å². The highest BCUT2D eigenvalue weighted by atomic mass is 32.1. The van der Waals surface area contributed by atoms with E-state index in [4.69, 9.17) is 33.4 Å². The zero-order valence-corrected chi connectivity index (χ0v) is 49.4. The average molecular weight is 1160 g/mol. The normalized spacial score (nSPS) is 16.5. The number of nitriles is 1. The largest absolute Gasteiger partial charge is 0.490 e. The Bertz CT molecular complexity index is 3290. The Labute approximate surface area is 485 Å². The van der Waals surface area contributed by atoms with Crippen molar-refractivity contribution in [3.63, 3.8) is 0 Å². The number of carbonyl (C=O) groups excluding carboxylic acids is 4. The lowest BCUT2D eigenvalue weighted by Crippen LogP contribution is -2.58. The molecule has 8 rings (SSSR count). The smallest absolute Gasteiger partial charge is 0.308 e. The molecule has 0 radical (unpaired) electrons. The van der Waals surface area contributed by atoms with Gasteiger partial charge in [-0.2, -0.15) is 5.26 Å². The molecule has 434 valence electrons. The number of aryl methyl sites for hydroxylation is 3. The van der Waals surface area contributed by atoms with Gasteiger partial charge in [0.1, 0.15) is 54.0 Å². The Kier molecular flexibility index (Phi) is 20.6. The third kappa shape index (κ3) is 14.7. The van der Waals surface area contributed by atoms with Crippen LogP contribution < -0.4 is 15.4 Å². The zero-order chi connectivity index (χ0) is 58.7. The van der Waals surface area contributed by atoms with Gasteiger partial charge >= 0.3 is 5.97 Å². The van der Waals surface area contributed by atoms with Crippen LogP contribution in [0.2, 0.25) is 0 Å². The first-order valence-electron chi connectivity index (χ1n) is 27.2. The number of aliphatic hydroxyl groups is 1. The van der Waals surface area contributed by atoms with E-state index in [1.165, 1.54) is 12.0 Å². The predicted molar refractivity (Wildman–Crippen MR) is 310 cm³/mol. The molecule has 3 aromatic carbocycles. The van der Waals surface area contributed by atoms with Crippen molar-refractivity contribution in [2.24, 2.45) is 10.4 Å². The molecule has 0 spiro atoms. The summed E-state index contributed by atoms with van der Waals surface area (Å²) in [5, 5.41) is 36.2. The fraction of sp³-hybridized carbons (Fsp3) is 0.450. The number of β-amino-alcohol motifs (C(OH)–C–C–N with tert-alkyl or cyclic N) is 1. The van der Waals surface area contributed by atoms with Gasteiger partial charge in [0.05, 0.1) is 99.3 Å². The van der Waals surface area contributed by atoms with Crippen LogP contribution in [-0.2, 0) is 42.9 Å². The number of nitrogens with zero attached hydrogens (tertiary/aromatic N) is 7. The molecule has 3 amide bonds. The van der Waals surface area contributed by atoms with Gasteiger partial charge in [-0.05, 0) is 80.0 Å². The minimum atomic E-state index is -0.991. The van der Waals surface area contributed by atoms with E-state index in [1.807, 2.05) is 106 Å². The minimum absolute atomic E-state index is 0.0142. The van der Waals surface area contributed by atoms with Crippen molar-refractivity contribution in [1.29, 1.82) is 5.26 Å². The van der Waals surface area contributed by atoms with E-state index in [-0.39, 0.29) is 64.4 Å². The lowest BCUT2D eigenvalue weighted by Gasteiger charge is -2.35. The third-order valence-corrected chi connectivity index (χ3v) is 16.5. The van der Waals surface area contributed by atoms with E-state index in [9.17, 15) is 29.5 Å². The Morgan fingerprint density at radius 1 is 0.829 bits per heavy atom. The van der Waals surface area contributed by atoms with Gasteiger partial charge in [0, 0.05) is 29.0 Å². The molecular formula is C60H71N9O11S2. The summed E-state index contributed by atoms with van der Waals surface area (Å²) < 4.78 is 35.4. The van der Waals surface area contributed by atoms with E-state index < -0.39 is 47.4 Å². The third-order valence-electron chi connectivity index (χ3n) is 14.3. The first-order valence-corrected chi connectivity index (χ1v) is 28.9. The second-order valence-corrected chi connectivity index (χ2v) is 23.3. The monoisotopic (exact) mass is 1160 g/mol. The highest BCUT2D eigenvalue weighted by Gasteiger charge is 2.45. The molecule has 0 bridgehead atoms. The number of likely N-dealkylation sites (tertiary alicyclic amines) is 1. The van der Waals surface area contributed by atoms with Crippen LogP contribution in [0.3, 0.4) is 0 Å². The van der Waals surface area contributed by atoms with Crippen LogP contribution in [0.5, 0.6) is 5.75 Å². The molecule has 0 saturated carbocycles. The number of ether oxygens (including phenoxy) is 6. The number of aliphatic hydroxyl groups excluding tert-OH is 1. The van der Waals surface area contributed by atoms with Crippen LogP contribution in [0, 0.1) is 44.4 Å². The molecular weight excluding hydrogens is 1090 g/mol. The molecule has 2 aliphatic rings. The van der Waals surface area contributed by atoms with Crippen molar-refractivity contribution in [3.05, 3.63) is 122 Å². The molecule has 3 N–H and O–H groups in total. The number of rotatable bonds is 25. The van der Waals surface area contributed by atoms with Crippen molar-refractivity contribution in [1.82, 2.24) is 35.3 Å². The van der Waals surface area contributed by atoms with Crippen molar-refractivity contribution in [2.75, 3.05) is 73.1 Å². The number of thiophene rings is 1. The van der Waals surface area contributed by atoms with Gasteiger partial charge in [0.15, 0.2) is 5.82 Å². The second-order valence-electron chi connectivity index (χ2n) is 21.2. The standard InChI is InChI=1S/C60H71N9O11S2/c1-35-38(4)82-59-52(35)53(64-47(30-51(72)75-9)56-67-66-39(5)69(56)59)42-14-12-41(13-15-42)44-18-19-49(45(28-44)31-61)80-27-26-78-23-22-76-20-21-77-24-25-79-33-50(71)65-55(60(6,7)8)58(74)68-32-46(70)29-48(68)57(73)63-36(2)40-10-16-43(17-11-40)54-37(3)62-34-81-54/h10-19,28,34,36,46-48,55,70H,20-27,29-30,32-33H2,1-9H3,(H,63,73)(H,65,71)/t36-,46+,47-,48-,55+/m0/s1. The summed E-state index contributed by atoms with van der Waals surface area (Å²) in [6.07, 6.45) is -0.803. The van der Waals surface area contributed by atoms with E-state index in [2.05, 4.69) is 45.7 Å². The zero-order valence-electron chi connectivity index (χ0n) is 47.8. The van der Waals surface area contributed by atoms with E-state index in [0.717, 1.165) is 65.1 Å². The van der Waals surface area contributed by atoms with Gasteiger partial charge in [0.2, 0.25) is 17.7 Å². The molecule has 0 aliphatic carbocycles. The minimum Gasteiger partial charge on any atom is -0.490 e. The molecule has 22 heteroatoms. The first-order chi connectivity index (χ1) is 39.4. The Morgan fingerprint density at radius 2 is 1.46 bits per heavy atom. The summed E-state index contributed by atoms with van der Waals surface area (Å²) in [6.45, 7) is 17.1. The van der Waals surface area contributed by atoms with Gasteiger partial charge in [-0.15, -0.1) is 32.9 Å². The van der Waals surface area contributed by atoms with Crippen LogP contribution in [0.1, 0.15) is 103 Å². The molecule has 0 unspecified atom stereocenters. The lowest BCUT2D eigenvalue weighted by atomic mass is 9.85. The second kappa shape index (κ2) is 27.7. The number of esters is 1. The molecule has 6 aromatic rings. The number of carbonyl (C=O) groups is 4. The number of fused-ring (bicyclic) bond motifs is 3. The topological polar surface area (TPSA) is 251 Å². The molecule has 3 aromatic heterocycles. The fourth-order valence-electron chi connectivity index (χ4n) is 9.76. The number of methoxy groups -OCH3 is 1. The first kappa shape index (κ1) is 60.9. The van der Waals surface area contributed by atoms with Crippen LogP contribution in [0.4, 0.5) is 0 Å². The van der Waals surface area contributed by atoms with Gasteiger partial charge in [-0.3, -0.25) is 28.7 Å². The van der Waals surface area contributed by atoms with Gasteiger partial charge < -0.3 is 49.1 Å². The lowest BCUT2D eigenvalue weighted by molar-refractivity contribution is -0.144. The highest BCUT2D eigenvalue weighted by Crippen LogP contribution is 2.40. The fourth-order valence-corrected chi connectivity index (χ4v) is 11.8. The van der Waals surface area contributed by atoms with Crippen LogP contribution in [-0.4, -0.2) is 150 Å². The SMILES string of the molecule is COC(=O)C[C@@H]1N=C(c2ccc(-c3ccc(OCCOCCOCCOCCOCC(=O)N[C@H](C(=O)N4C[C@H](O)C[C@H]4C(=O)N[C@@H](C)c4ccc(-c5scnc5C)cc4)C(C)(C)C)c(C#N)c3)cc2)c2c(sc(C)c2C)-n2c(C)nnc21. The number of amides is 3. The van der Waals surface area contributed by atoms with Crippen LogP contribution in [0.15, 0.2) is 77.2 Å². The maximum absolute atomic E-state index is 14.1. The molecule has 2 aliphatic heterocycles. The van der Waals surface area contributed by atoms with Gasteiger partial charge in [-0.25, -0.2) is 4.98 Å². The van der Waals surface area contributed by atoms with E-state index >= 15 is 0 Å². The summed E-state index contributed by atoms with van der Waals surface area (Å²) in [5.41, 5.74) is 9.78. The Hall–Kier alpha value is -7.23. The van der Waals surface area contributed by atoms with Crippen molar-refractivity contribution in [2.45, 2.75) is 98.5 Å². The molecule has 5 heterocycles. The Morgan fingerprint density at radius 3 is 2.10 bits per heavy atom. The summed E-state index contributed by atoms with van der Waals surface area (Å²) in [6, 6.07) is 20.7. The average Bonchev–Trinajstić information content (AvgIpc) is 4.42. The predicted octanol–water partition coefficient (Wildman–Crippen LogP) is 7.50. The van der Waals surface area contributed by atoms with E-state index in [1.54, 1.807) is 34.8 Å². The number of aromatic nitrogens is 4. The van der Waals surface area contributed by atoms with Crippen LogP contribution in [0.25, 0.3) is 26.6 Å². The van der Waals surface area contributed by atoms with E-state index in [0.29, 0.717) is 49.4 Å². The van der Waals surface area contributed by atoms with Crippen molar-refractivity contribution >= 4 is 52.1 Å². The number of benzene rings is 3. The summed E-state index contributed by atoms with van der Waals surface area (Å²) in [7, 11) is 1.36. The summed E-state index contributed by atoms with van der Waals surface area (Å²) in [5.74, 6) is -0.00243. The molecule has 20 nitrogen and oxygen atoms in total. The maximum atomic E-state index is 14.1. The van der Waals surface area contributed by atoms with Gasteiger partial charge in [0.25, 0.3) is 0 Å². The summed E-state index contributed by atoms with van der Waals surface area (Å²) in [4.78, 5) is 66.4. The number of hydrogen-bond acceptors (Lipinski definition) is 18. The quantitative estimate of drug-likeness (QED) is 0.0371. The maximum Gasteiger partial charge on any atom is 0.308 e. The van der Waals surface area contributed by atoms with Crippen LogP contribution >= 0.6 is 22.7 Å². The highest BCUT2D eigenvalue weighted by molar-refractivity contribution is 7.15. The molecule has 1 fully saturated rings. The number of thiazole rings is 1.